The van der Waals surface area contributed by atoms with Gasteiger partial charge in [0.2, 0.25) is 0 Å². The zero-order chi connectivity index (χ0) is 16.8. The standard InChI is InChI=1S/C19H33N3O/c1-2-3-4-5-6-7-8-9-16-23-18-12-10-17(11-13-18)14-15-22-19(20)21/h10-13H,2-9,14-16H2,1H3,(H4,20,21,22). The lowest BCUT2D eigenvalue weighted by Crippen LogP contribution is -2.23. The highest BCUT2D eigenvalue weighted by molar-refractivity contribution is 5.75. The molecular formula is C19H33N3O. The molecule has 0 aliphatic carbocycles. The Hall–Kier alpha value is -1.71. The van der Waals surface area contributed by atoms with Crippen LogP contribution < -0.4 is 16.2 Å². The van der Waals surface area contributed by atoms with Crippen LogP contribution in [0.2, 0.25) is 0 Å². The lowest BCUT2D eigenvalue weighted by atomic mass is 10.1. The first-order chi connectivity index (χ1) is 11.2. The smallest absolute Gasteiger partial charge is 0.185 e. The fourth-order valence-electron chi connectivity index (χ4n) is 2.49. The summed E-state index contributed by atoms with van der Waals surface area (Å²) in [6.45, 7) is 3.69. The topological polar surface area (TPSA) is 73.6 Å². The van der Waals surface area contributed by atoms with Gasteiger partial charge in [0.15, 0.2) is 5.96 Å². The van der Waals surface area contributed by atoms with Gasteiger partial charge in [-0.2, -0.15) is 0 Å². The van der Waals surface area contributed by atoms with Gasteiger partial charge in [-0.05, 0) is 30.5 Å². The first-order valence-electron chi connectivity index (χ1n) is 8.99. The summed E-state index contributed by atoms with van der Waals surface area (Å²) in [7, 11) is 0. The van der Waals surface area contributed by atoms with E-state index in [1.807, 2.05) is 12.1 Å². The molecule has 1 aromatic carbocycles. The zero-order valence-corrected chi connectivity index (χ0v) is 14.6. The predicted octanol–water partition coefficient (Wildman–Crippen LogP) is 4.02. The SMILES string of the molecule is CCCCCCCCCCOc1ccc(CCN=C(N)N)cc1. The van der Waals surface area contributed by atoms with Crippen LogP contribution in [0.15, 0.2) is 29.3 Å². The molecule has 0 atom stereocenters. The number of nitrogens with two attached hydrogens (primary N) is 2. The number of guanidine groups is 1. The minimum atomic E-state index is 0.148. The zero-order valence-electron chi connectivity index (χ0n) is 14.6. The molecule has 0 aliphatic rings. The van der Waals surface area contributed by atoms with Gasteiger partial charge in [-0.25, -0.2) is 0 Å². The lowest BCUT2D eigenvalue weighted by molar-refractivity contribution is 0.304. The predicted molar refractivity (Wildman–Crippen MR) is 98.9 cm³/mol. The Balaban J connectivity index is 2.06. The second-order valence-electron chi connectivity index (χ2n) is 6.02. The number of nitrogens with zero attached hydrogens (tertiary/aromatic N) is 1. The average Bonchev–Trinajstić information content (AvgIpc) is 2.54. The third kappa shape index (κ3) is 10.6. The lowest BCUT2D eigenvalue weighted by Gasteiger charge is -2.07. The van der Waals surface area contributed by atoms with Gasteiger partial charge in [0.05, 0.1) is 6.61 Å². The van der Waals surface area contributed by atoms with E-state index in [0.29, 0.717) is 6.54 Å². The van der Waals surface area contributed by atoms with Crippen LogP contribution in [0.5, 0.6) is 5.75 Å². The molecule has 0 bridgehead atoms. The Labute approximate surface area is 141 Å². The molecule has 4 heteroatoms. The number of unbranched alkanes of at least 4 members (excludes halogenated alkanes) is 7. The molecule has 0 aromatic heterocycles. The van der Waals surface area contributed by atoms with Crippen LogP contribution in [-0.4, -0.2) is 19.1 Å². The fourth-order valence-corrected chi connectivity index (χ4v) is 2.49. The van der Waals surface area contributed by atoms with Crippen LogP contribution in [-0.2, 0) is 6.42 Å². The Bertz CT molecular complexity index is 425. The van der Waals surface area contributed by atoms with Gasteiger partial charge in [0.1, 0.15) is 5.75 Å². The Kier molecular flexibility index (Phi) is 10.8. The number of hydrogen-bond donors (Lipinski definition) is 2. The molecule has 0 radical (unpaired) electrons. The summed E-state index contributed by atoms with van der Waals surface area (Å²) in [5.41, 5.74) is 11.8. The Morgan fingerprint density at radius 2 is 1.52 bits per heavy atom. The highest BCUT2D eigenvalue weighted by Gasteiger charge is 1.97. The second kappa shape index (κ2) is 12.8. The summed E-state index contributed by atoms with van der Waals surface area (Å²) < 4.78 is 5.78. The third-order valence-corrected chi connectivity index (χ3v) is 3.88. The van der Waals surface area contributed by atoms with Crippen LogP contribution in [0.1, 0.15) is 63.9 Å². The summed E-state index contributed by atoms with van der Waals surface area (Å²) in [5.74, 6) is 1.09. The minimum absolute atomic E-state index is 0.148. The van der Waals surface area contributed by atoms with Crippen molar-refractivity contribution in [1.29, 1.82) is 0 Å². The number of rotatable bonds is 13. The number of ether oxygens (including phenoxy) is 1. The molecule has 0 spiro atoms. The van der Waals surface area contributed by atoms with E-state index in [2.05, 4.69) is 24.0 Å². The second-order valence-corrected chi connectivity index (χ2v) is 6.02. The summed E-state index contributed by atoms with van der Waals surface area (Å²) in [4.78, 5) is 3.98. The maximum atomic E-state index is 5.78. The fraction of sp³-hybridized carbons (Fsp3) is 0.632. The van der Waals surface area contributed by atoms with Crippen molar-refractivity contribution >= 4 is 5.96 Å². The van der Waals surface area contributed by atoms with Crippen molar-refractivity contribution in [2.75, 3.05) is 13.2 Å². The summed E-state index contributed by atoms with van der Waals surface area (Å²) in [5, 5.41) is 0. The highest BCUT2D eigenvalue weighted by atomic mass is 16.5. The molecule has 130 valence electrons. The van der Waals surface area contributed by atoms with E-state index in [1.165, 1.54) is 50.5 Å². The van der Waals surface area contributed by atoms with Gasteiger partial charge in [-0.1, -0.05) is 64.0 Å². The minimum Gasteiger partial charge on any atom is -0.494 e. The number of hydrogen-bond acceptors (Lipinski definition) is 2. The van der Waals surface area contributed by atoms with Crippen molar-refractivity contribution < 1.29 is 4.74 Å². The number of benzene rings is 1. The average molecular weight is 319 g/mol. The van der Waals surface area contributed by atoms with Gasteiger partial charge >= 0.3 is 0 Å². The molecule has 0 aliphatic heterocycles. The third-order valence-electron chi connectivity index (χ3n) is 3.88. The van der Waals surface area contributed by atoms with Crippen molar-refractivity contribution in [1.82, 2.24) is 0 Å². The molecule has 1 aromatic rings. The van der Waals surface area contributed by atoms with Gasteiger partial charge in [0.25, 0.3) is 0 Å². The van der Waals surface area contributed by atoms with E-state index in [-0.39, 0.29) is 5.96 Å². The summed E-state index contributed by atoms with van der Waals surface area (Å²) >= 11 is 0. The van der Waals surface area contributed by atoms with E-state index in [0.717, 1.165) is 25.2 Å². The monoisotopic (exact) mass is 319 g/mol. The molecule has 0 amide bonds. The van der Waals surface area contributed by atoms with Crippen molar-refractivity contribution in [2.45, 2.75) is 64.7 Å². The van der Waals surface area contributed by atoms with E-state index < -0.39 is 0 Å². The molecule has 0 saturated heterocycles. The van der Waals surface area contributed by atoms with E-state index in [9.17, 15) is 0 Å². The normalized spacial score (nSPS) is 10.5. The molecule has 23 heavy (non-hydrogen) atoms. The van der Waals surface area contributed by atoms with Gasteiger partial charge in [0, 0.05) is 6.54 Å². The largest absolute Gasteiger partial charge is 0.494 e. The highest BCUT2D eigenvalue weighted by Crippen LogP contribution is 2.14. The first kappa shape index (κ1) is 19.3. The van der Waals surface area contributed by atoms with Crippen molar-refractivity contribution in [3.8, 4) is 5.75 Å². The van der Waals surface area contributed by atoms with E-state index in [4.69, 9.17) is 16.2 Å². The Morgan fingerprint density at radius 3 is 2.13 bits per heavy atom. The van der Waals surface area contributed by atoms with Gasteiger partial charge in [-0.15, -0.1) is 0 Å². The van der Waals surface area contributed by atoms with E-state index >= 15 is 0 Å². The van der Waals surface area contributed by atoms with Crippen LogP contribution in [0, 0.1) is 0 Å². The molecule has 0 saturated carbocycles. The molecular weight excluding hydrogens is 286 g/mol. The van der Waals surface area contributed by atoms with E-state index in [1.54, 1.807) is 0 Å². The quantitative estimate of drug-likeness (QED) is 0.327. The molecule has 0 fully saturated rings. The van der Waals surface area contributed by atoms with Crippen molar-refractivity contribution in [3.05, 3.63) is 29.8 Å². The molecule has 0 unspecified atom stereocenters. The van der Waals surface area contributed by atoms with Crippen molar-refractivity contribution in [2.24, 2.45) is 16.5 Å². The number of aliphatic imine (C=N–C) groups is 1. The first-order valence-corrected chi connectivity index (χ1v) is 8.99. The van der Waals surface area contributed by atoms with Crippen molar-refractivity contribution in [3.63, 3.8) is 0 Å². The maximum absolute atomic E-state index is 5.78. The van der Waals surface area contributed by atoms with Crippen LogP contribution in [0.3, 0.4) is 0 Å². The molecule has 4 N–H and O–H groups in total. The van der Waals surface area contributed by atoms with Crippen LogP contribution >= 0.6 is 0 Å². The molecule has 0 heterocycles. The Morgan fingerprint density at radius 1 is 0.913 bits per heavy atom. The maximum Gasteiger partial charge on any atom is 0.185 e. The molecule has 1 rings (SSSR count). The van der Waals surface area contributed by atoms with Gasteiger partial charge < -0.3 is 16.2 Å². The summed E-state index contributed by atoms with van der Waals surface area (Å²) in [6.07, 6.45) is 11.4. The van der Waals surface area contributed by atoms with Crippen LogP contribution in [0.4, 0.5) is 0 Å². The summed E-state index contributed by atoms with van der Waals surface area (Å²) in [6, 6.07) is 8.20. The molecule has 4 nitrogen and oxygen atoms in total. The van der Waals surface area contributed by atoms with Crippen LogP contribution in [0.25, 0.3) is 0 Å². The van der Waals surface area contributed by atoms with Gasteiger partial charge in [-0.3, -0.25) is 4.99 Å².